The summed E-state index contributed by atoms with van der Waals surface area (Å²) < 4.78 is 5.37. The molecule has 50 heavy (non-hydrogen) atoms. The van der Waals surface area contributed by atoms with Gasteiger partial charge in [0.1, 0.15) is 12.6 Å². The number of carbonyl (C=O) groups is 7. The van der Waals surface area contributed by atoms with Crippen molar-refractivity contribution >= 4 is 59.6 Å². The van der Waals surface area contributed by atoms with Gasteiger partial charge < -0.3 is 37.5 Å². The fourth-order valence-electron chi connectivity index (χ4n) is 5.20. The highest BCUT2D eigenvalue weighted by Gasteiger charge is 2.49. The van der Waals surface area contributed by atoms with E-state index in [0.717, 1.165) is 9.80 Å². The molecule has 278 valence electrons. The van der Waals surface area contributed by atoms with Gasteiger partial charge in [-0.3, -0.25) is 33.8 Å². The number of imide groups is 1. The molecule has 2 rings (SSSR count). The van der Waals surface area contributed by atoms with E-state index in [0.29, 0.717) is 37.9 Å². The van der Waals surface area contributed by atoms with Gasteiger partial charge in [-0.15, -0.1) is 12.4 Å². The Hall–Kier alpha value is -4.54. The molecule has 0 fully saturated rings. The Balaban J connectivity index is 0.0000125. The number of hydrogen-bond acceptors (Lipinski definition) is 10. The summed E-state index contributed by atoms with van der Waals surface area (Å²) in [6.07, 6.45) is 3.36. The first kappa shape index (κ1) is 43.5. The number of rotatable bonds is 21. The molecule has 1 aromatic rings. The molecule has 0 aliphatic carbocycles. The zero-order valence-corrected chi connectivity index (χ0v) is 30.0. The lowest BCUT2D eigenvalue weighted by molar-refractivity contribution is -0.139. The highest BCUT2D eigenvalue weighted by Crippen LogP contribution is 2.29. The number of halogens is 1. The second-order valence-electron chi connectivity index (χ2n) is 12.2. The maximum atomic E-state index is 14.4. The highest BCUT2D eigenvalue weighted by atomic mass is 35.5. The van der Waals surface area contributed by atoms with Gasteiger partial charge >= 0.3 is 12.1 Å². The summed E-state index contributed by atoms with van der Waals surface area (Å²) >= 11 is 0. The highest BCUT2D eigenvalue weighted by molar-refractivity contribution is 6.18. The summed E-state index contributed by atoms with van der Waals surface area (Å²) in [5.74, 6) is -3.69. The fourth-order valence-corrected chi connectivity index (χ4v) is 5.20. The summed E-state index contributed by atoms with van der Waals surface area (Å²) in [4.78, 5) is 91.8. The van der Waals surface area contributed by atoms with Gasteiger partial charge in [0.2, 0.25) is 5.91 Å². The molecule has 0 saturated heterocycles. The largest absolute Gasteiger partial charge is 0.445 e. The number of nitrogens with two attached hydrogens (primary N) is 3. The number of carbonyl (C=O) groups excluding carboxylic acids is 7. The smallest absolute Gasteiger partial charge is 0.409 e. The van der Waals surface area contributed by atoms with Crippen molar-refractivity contribution in [2.75, 3.05) is 45.2 Å². The molecule has 0 spiro atoms. The number of ketones is 1. The van der Waals surface area contributed by atoms with Gasteiger partial charge in [0, 0.05) is 57.5 Å². The standard InChI is InChI=1S/C33H50N8O8.ClH/c1-22(2)33(36,26(42)10-6-5-7-19-40-27(43)15-16-28(40)44)30(46)41(25(29(34)45)9-8-17-38-31(35)47)24-13-11-23(12-14-24)21-49-32(48)39(4)20-18-37-3;/h11-16,22,25,37H,5-10,17-21,36H2,1-4H3,(H2,34,45)(H3,35,38,47);1H/t25-,33+;/m0./s1. The van der Waals surface area contributed by atoms with Crippen LogP contribution in [0.1, 0.15) is 57.9 Å². The minimum atomic E-state index is -2.05. The Bertz CT molecular complexity index is 1370. The summed E-state index contributed by atoms with van der Waals surface area (Å²) in [5.41, 5.74) is 16.4. The Kier molecular flexibility index (Phi) is 18.1. The lowest BCUT2D eigenvalue weighted by atomic mass is 9.79. The molecule has 0 saturated carbocycles. The number of amides is 7. The van der Waals surface area contributed by atoms with Crippen molar-refractivity contribution in [3.05, 3.63) is 42.0 Å². The minimum absolute atomic E-state index is 0. The molecule has 16 nitrogen and oxygen atoms in total. The van der Waals surface area contributed by atoms with E-state index in [1.54, 1.807) is 52.2 Å². The third-order valence-corrected chi connectivity index (χ3v) is 8.31. The molecule has 0 bridgehead atoms. The Labute approximate surface area is 298 Å². The Morgan fingerprint density at radius 2 is 1.56 bits per heavy atom. The van der Waals surface area contributed by atoms with E-state index in [2.05, 4.69) is 10.6 Å². The van der Waals surface area contributed by atoms with E-state index >= 15 is 0 Å². The van der Waals surface area contributed by atoms with E-state index in [4.69, 9.17) is 21.9 Å². The van der Waals surface area contributed by atoms with Crippen molar-refractivity contribution < 1.29 is 38.3 Å². The van der Waals surface area contributed by atoms with Crippen LogP contribution in [0.4, 0.5) is 15.3 Å². The topological polar surface area (TPSA) is 241 Å². The molecule has 0 unspecified atom stereocenters. The number of likely N-dealkylation sites (N-methyl/N-ethyl adjacent to an activating group) is 2. The molecule has 0 aromatic heterocycles. The normalized spacial score (nSPS) is 14.1. The van der Waals surface area contributed by atoms with Crippen molar-refractivity contribution in [1.82, 2.24) is 20.4 Å². The van der Waals surface area contributed by atoms with E-state index in [1.165, 1.54) is 17.1 Å². The molecule has 8 N–H and O–H groups in total. The van der Waals surface area contributed by atoms with E-state index in [-0.39, 0.29) is 68.9 Å². The minimum Gasteiger partial charge on any atom is -0.445 e. The van der Waals surface area contributed by atoms with Crippen molar-refractivity contribution in [2.45, 2.75) is 70.6 Å². The third kappa shape index (κ3) is 12.1. The number of anilines is 1. The average molecular weight is 723 g/mol. The molecular weight excluding hydrogens is 672 g/mol. The number of urea groups is 1. The van der Waals surface area contributed by atoms with Gasteiger partial charge in [-0.1, -0.05) is 32.4 Å². The molecule has 1 aliphatic rings. The Morgan fingerprint density at radius 1 is 0.940 bits per heavy atom. The predicted octanol–water partition coefficient (Wildman–Crippen LogP) is 0.940. The van der Waals surface area contributed by atoms with Crippen LogP contribution in [0.2, 0.25) is 0 Å². The zero-order valence-electron chi connectivity index (χ0n) is 29.1. The van der Waals surface area contributed by atoms with Crippen LogP contribution in [-0.4, -0.2) is 103 Å². The van der Waals surface area contributed by atoms with E-state index < -0.39 is 47.2 Å². The van der Waals surface area contributed by atoms with Crippen LogP contribution in [0, 0.1) is 5.92 Å². The summed E-state index contributed by atoms with van der Waals surface area (Å²) in [6, 6.07) is 4.32. The SMILES string of the molecule is CNCCN(C)C(=O)OCc1ccc(N(C(=O)[C@](N)(C(=O)CCCCCN2C(=O)C=CC2=O)C(C)C)[C@@H](CCCNC(N)=O)C(N)=O)cc1.Cl. The van der Waals surface area contributed by atoms with Crippen LogP contribution in [0.3, 0.4) is 0 Å². The van der Waals surface area contributed by atoms with Crippen LogP contribution in [0.25, 0.3) is 0 Å². The molecule has 1 aromatic carbocycles. The predicted molar refractivity (Wildman–Crippen MR) is 189 cm³/mol. The third-order valence-electron chi connectivity index (χ3n) is 8.31. The number of primary amides is 2. The fraction of sp³-hybridized carbons (Fsp3) is 0.545. The van der Waals surface area contributed by atoms with Crippen molar-refractivity contribution in [3.63, 3.8) is 0 Å². The number of Topliss-reactive ketones (excluding diaryl/α,β-unsaturated/α-hetero) is 1. The monoisotopic (exact) mass is 722 g/mol. The van der Waals surface area contributed by atoms with Gasteiger partial charge in [-0.05, 0) is 56.3 Å². The van der Waals surface area contributed by atoms with Crippen molar-refractivity contribution in [1.29, 1.82) is 0 Å². The molecule has 2 atom stereocenters. The first-order chi connectivity index (χ1) is 23.1. The average Bonchev–Trinajstić information content (AvgIpc) is 3.38. The number of unbranched alkanes of at least 4 members (excludes halogenated alkanes) is 2. The molecule has 7 amide bonds. The van der Waals surface area contributed by atoms with Gasteiger partial charge in [-0.25, -0.2) is 9.59 Å². The number of nitrogens with zero attached hydrogens (tertiary/aromatic N) is 3. The summed E-state index contributed by atoms with van der Waals surface area (Å²) in [5, 5.41) is 5.38. The molecule has 0 radical (unpaired) electrons. The zero-order chi connectivity index (χ0) is 36.7. The van der Waals surface area contributed by atoms with E-state index in [1.807, 2.05) is 0 Å². The second kappa shape index (κ2) is 20.9. The van der Waals surface area contributed by atoms with Crippen molar-refractivity contribution in [2.24, 2.45) is 23.1 Å². The number of nitrogens with one attached hydrogen (secondary N) is 2. The van der Waals surface area contributed by atoms with Crippen LogP contribution in [0.15, 0.2) is 36.4 Å². The molecular formula is C33H51ClN8O8. The van der Waals surface area contributed by atoms with Gasteiger partial charge in [-0.2, -0.15) is 0 Å². The second-order valence-corrected chi connectivity index (χ2v) is 12.2. The van der Waals surface area contributed by atoms with Crippen LogP contribution >= 0.6 is 12.4 Å². The number of ether oxygens (including phenoxy) is 1. The van der Waals surface area contributed by atoms with Crippen LogP contribution in [-0.2, 0) is 35.3 Å². The van der Waals surface area contributed by atoms with Crippen LogP contribution < -0.4 is 32.7 Å². The maximum absolute atomic E-state index is 14.4. The Morgan fingerprint density at radius 3 is 2.10 bits per heavy atom. The van der Waals surface area contributed by atoms with Gasteiger partial charge in [0.25, 0.3) is 17.7 Å². The number of hydrogen-bond donors (Lipinski definition) is 5. The summed E-state index contributed by atoms with van der Waals surface area (Å²) in [6.45, 7) is 4.55. The lowest BCUT2D eigenvalue weighted by Crippen LogP contribution is -2.66. The molecule has 1 aliphatic heterocycles. The van der Waals surface area contributed by atoms with Crippen molar-refractivity contribution in [3.8, 4) is 0 Å². The van der Waals surface area contributed by atoms with Gasteiger partial charge in [0.15, 0.2) is 11.3 Å². The first-order valence-corrected chi connectivity index (χ1v) is 16.3. The first-order valence-electron chi connectivity index (χ1n) is 16.3. The van der Waals surface area contributed by atoms with E-state index in [9.17, 15) is 33.6 Å². The molecule has 1 heterocycles. The number of benzene rings is 1. The summed E-state index contributed by atoms with van der Waals surface area (Å²) in [7, 11) is 3.38. The van der Waals surface area contributed by atoms with Crippen LogP contribution in [0.5, 0.6) is 0 Å². The quantitative estimate of drug-likeness (QED) is 0.0683. The lowest BCUT2D eigenvalue weighted by Gasteiger charge is -2.39. The maximum Gasteiger partial charge on any atom is 0.409 e. The molecule has 17 heteroatoms. The van der Waals surface area contributed by atoms with Gasteiger partial charge in [0.05, 0.1) is 0 Å².